The Morgan fingerprint density at radius 1 is 1.57 bits per heavy atom. The van der Waals surface area contributed by atoms with Crippen LogP contribution in [0.15, 0.2) is 0 Å². The normalized spacial score (nSPS) is 14.1. The highest BCUT2D eigenvalue weighted by Crippen LogP contribution is 1.85. The summed E-state index contributed by atoms with van der Waals surface area (Å²) in [6, 6.07) is 0. The predicted octanol–water partition coefficient (Wildman–Crippen LogP) is -1.09. The molecule has 7 heavy (non-hydrogen) atoms. The number of nitrogens with two attached hydrogens (primary N) is 1. The second kappa shape index (κ2) is 2.37. The number of rotatable bonds is 2. The fourth-order valence-electron chi connectivity index (χ4n) is 0.168. The van der Waals surface area contributed by atoms with Gasteiger partial charge in [-0.15, -0.1) is 0 Å². The Morgan fingerprint density at radius 2 is 2.00 bits per heavy atom. The van der Waals surface area contributed by atoms with Crippen molar-refractivity contribution in [2.24, 2.45) is 5.73 Å². The van der Waals surface area contributed by atoms with Gasteiger partial charge in [-0.05, 0) is 0 Å². The molecule has 0 aromatic heterocycles. The lowest BCUT2D eigenvalue weighted by atomic mass is 10.8. The zero-order valence-electron chi connectivity index (χ0n) is 3.74. The molecule has 0 aromatic carbocycles. The van der Waals surface area contributed by atoms with Crippen LogP contribution in [0.25, 0.3) is 0 Å². The van der Waals surface area contributed by atoms with Crippen molar-refractivity contribution in [3.05, 3.63) is 0 Å². The number of thiol groups is 1. The fourth-order valence-corrected chi connectivity index (χ4v) is 0.505. The second-order valence-corrected chi connectivity index (χ2v) is 2.95. The first-order valence-electron chi connectivity index (χ1n) is 1.81. The minimum Gasteiger partial charge on any atom is -0.329 e. The first kappa shape index (κ1) is 7.03. The van der Waals surface area contributed by atoms with Crippen LogP contribution in [0.5, 0.6) is 0 Å². The first-order valence-corrected chi connectivity index (χ1v) is 3.60. The van der Waals surface area contributed by atoms with Gasteiger partial charge in [0.15, 0.2) is 0 Å². The molecule has 0 saturated carbocycles. The Hall–Kier alpha value is 0.0300. The van der Waals surface area contributed by atoms with Crippen molar-refractivity contribution < 1.29 is 13.3 Å². The maximum Gasteiger partial charge on any atom is 0.0745 e. The van der Waals surface area contributed by atoms with Gasteiger partial charge >= 0.3 is 0 Å². The Labute approximate surface area is 42.8 Å². The predicted molar refractivity (Wildman–Crippen MR) is 28.7 cm³/mol. The van der Waals surface area contributed by atoms with E-state index in [2.05, 4.69) is 0 Å². The molecular weight excluding hydrogens is 118 g/mol. The molecule has 4 nitrogen and oxygen atoms in total. The molecule has 46 valence electrons. The van der Waals surface area contributed by atoms with Gasteiger partial charge in [-0.1, -0.05) is 0 Å². The van der Waals surface area contributed by atoms with Crippen molar-refractivity contribution in [3.63, 3.8) is 0 Å². The third kappa shape index (κ3) is 6.03. The summed E-state index contributed by atoms with van der Waals surface area (Å²) in [5.41, 5.74) is 4.82. The van der Waals surface area contributed by atoms with Gasteiger partial charge < -0.3 is 14.8 Å². The zero-order chi connectivity index (χ0) is 5.91. The van der Waals surface area contributed by atoms with Gasteiger partial charge in [-0.2, -0.15) is 0 Å². The maximum absolute atomic E-state index is 9.85. The molecule has 0 bridgehead atoms. The topological polar surface area (TPSA) is 83.6 Å². The van der Waals surface area contributed by atoms with Gasteiger partial charge in [0, 0.05) is 6.54 Å². The van der Waals surface area contributed by atoms with Crippen molar-refractivity contribution in [3.8, 4) is 0 Å². The van der Waals surface area contributed by atoms with Crippen LogP contribution >= 0.6 is 0 Å². The largest absolute Gasteiger partial charge is 0.329 e. The summed E-state index contributed by atoms with van der Waals surface area (Å²) in [5.74, 6) is -0.215. The quantitative estimate of drug-likeness (QED) is 0.355. The Balaban J connectivity index is 3.36. The zero-order valence-corrected chi connectivity index (χ0v) is 4.64. The van der Waals surface area contributed by atoms with E-state index in [9.17, 15) is 4.21 Å². The maximum atomic E-state index is 9.85. The van der Waals surface area contributed by atoms with E-state index in [1.54, 1.807) is 0 Å². The van der Waals surface area contributed by atoms with E-state index in [1.807, 2.05) is 0 Å². The van der Waals surface area contributed by atoms with Gasteiger partial charge in [0.2, 0.25) is 0 Å². The molecular formula is C2H9NO3S. The monoisotopic (exact) mass is 127 g/mol. The molecule has 0 rings (SSSR count). The highest BCUT2D eigenvalue weighted by Gasteiger charge is 1.97. The van der Waals surface area contributed by atoms with E-state index in [4.69, 9.17) is 14.8 Å². The lowest BCUT2D eigenvalue weighted by Gasteiger charge is -2.05. The van der Waals surface area contributed by atoms with Crippen molar-refractivity contribution in [1.29, 1.82) is 0 Å². The molecule has 0 aromatic rings. The van der Waals surface area contributed by atoms with Gasteiger partial charge in [0.25, 0.3) is 0 Å². The van der Waals surface area contributed by atoms with Crippen molar-refractivity contribution in [2.45, 2.75) is 0 Å². The minimum atomic E-state index is -3.79. The smallest absolute Gasteiger partial charge is 0.0745 e. The lowest BCUT2D eigenvalue weighted by molar-refractivity contribution is 0.424. The van der Waals surface area contributed by atoms with E-state index >= 15 is 0 Å². The number of hydrogen-bond donors (Lipinski definition) is 4. The third-order valence-electron chi connectivity index (χ3n) is 0.420. The summed E-state index contributed by atoms with van der Waals surface area (Å²) in [6.45, 7) is 0.0459. The third-order valence-corrected chi connectivity index (χ3v) is 1.26. The highest BCUT2D eigenvalue weighted by atomic mass is 32.3. The van der Waals surface area contributed by atoms with Crippen LogP contribution in [0.2, 0.25) is 0 Å². The summed E-state index contributed by atoms with van der Waals surface area (Å²) in [4.78, 5) is 0. The molecule has 0 atom stereocenters. The van der Waals surface area contributed by atoms with Gasteiger partial charge in [0.05, 0.1) is 16.2 Å². The van der Waals surface area contributed by atoms with Crippen LogP contribution in [0.1, 0.15) is 0 Å². The van der Waals surface area contributed by atoms with E-state index in [0.29, 0.717) is 0 Å². The Morgan fingerprint density at radius 3 is 2.00 bits per heavy atom. The standard InChI is InChI=1S/C2H9NO3S/c3-1-2-7(4,5)6/h7H,1-3H2,(H2,4,5,6). The average Bonchev–Trinajstić information content (AvgIpc) is 1.30. The van der Waals surface area contributed by atoms with E-state index in [0.717, 1.165) is 0 Å². The molecule has 0 heterocycles. The van der Waals surface area contributed by atoms with Crippen LogP contribution in [0.4, 0.5) is 0 Å². The van der Waals surface area contributed by atoms with Crippen LogP contribution in [-0.2, 0) is 10.5 Å². The molecule has 0 radical (unpaired) electrons. The summed E-state index contributed by atoms with van der Waals surface area (Å²) >= 11 is 0. The Bertz CT molecular complexity index is 86.9. The van der Waals surface area contributed by atoms with Gasteiger partial charge in [-0.3, -0.25) is 0 Å². The Kier molecular flexibility index (Phi) is 2.38. The molecule has 0 saturated heterocycles. The molecule has 0 amide bonds. The fraction of sp³-hybridized carbons (Fsp3) is 1.00. The molecule has 0 aliphatic heterocycles. The van der Waals surface area contributed by atoms with Gasteiger partial charge in [-0.25, -0.2) is 4.21 Å². The second-order valence-electron chi connectivity index (χ2n) is 1.18. The molecule has 0 spiro atoms. The van der Waals surface area contributed by atoms with E-state index in [1.165, 1.54) is 0 Å². The van der Waals surface area contributed by atoms with Crippen molar-refractivity contribution >= 4 is 10.5 Å². The molecule has 0 aliphatic carbocycles. The van der Waals surface area contributed by atoms with Crippen LogP contribution in [-0.4, -0.2) is 25.6 Å². The van der Waals surface area contributed by atoms with Crippen LogP contribution in [0, 0.1) is 0 Å². The molecule has 0 aliphatic rings. The highest BCUT2D eigenvalue weighted by molar-refractivity contribution is 7.92. The molecule has 0 fully saturated rings. The summed E-state index contributed by atoms with van der Waals surface area (Å²) in [6.07, 6.45) is 0. The summed E-state index contributed by atoms with van der Waals surface area (Å²) in [5, 5.41) is 0. The van der Waals surface area contributed by atoms with E-state index < -0.39 is 10.5 Å². The number of hydrogen-bond acceptors (Lipinski definition) is 2. The van der Waals surface area contributed by atoms with Crippen LogP contribution < -0.4 is 5.73 Å². The van der Waals surface area contributed by atoms with Crippen molar-refractivity contribution in [2.75, 3.05) is 12.3 Å². The van der Waals surface area contributed by atoms with Crippen LogP contribution in [0.3, 0.4) is 0 Å². The summed E-state index contributed by atoms with van der Waals surface area (Å²) in [7, 11) is -3.79. The minimum absolute atomic E-state index is 0.0459. The first-order chi connectivity index (χ1) is 3.06. The molecule has 4 N–H and O–H groups in total. The molecule has 5 heteroatoms. The molecule has 0 unspecified atom stereocenters. The summed E-state index contributed by atoms with van der Waals surface area (Å²) < 4.78 is 25.9. The SMILES string of the molecule is NCC[SH](=O)(O)O. The van der Waals surface area contributed by atoms with Crippen molar-refractivity contribution in [1.82, 2.24) is 0 Å². The average molecular weight is 127 g/mol. The van der Waals surface area contributed by atoms with E-state index in [-0.39, 0.29) is 12.3 Å². The lowest BCUT2D eigenvalue weighted by Crippen LogP contribution is -2.20. The van der Waals surface area contributed by atoms with Gasteiger partial charge in [0.1, 0.15) is 0 Å².